The van der Waals surface area contributed by atoms with Gasteiger partial charge in [-0.3, -0.25) is 0 Å². The van der Waals surface area contributed by atoms with Crippen LogP contribution in [0.2, 0.25) is 0 Å². The number of hydrogen-bond acceptors (Lipinski definition) is 3. The Morgan fingerprint density at radius 3 is 2.50 bits per heavy atom. The van der Waals surface area contributed by atoms with Crippen LogP contribution >= 0.6 is 0 Å². The Labute approximate surface area is 117 Å². The molecule has 6 nitrogen and oxygen atoms in total. The number of nitrogens with zero attached hydrogens (tertiary/aromatic N) is 1. The van der Waals surface area contributed by atoms with Crippen molar-refractivity contribution in [1.82, 2.24) is 5.32 Å². The van der Waals surface area contributed by atoms with Gasteiger partial charge in [0.15, 0.2) is 0 Å². The highest BCUT2D eigenvalue weighted by Gasteiger charge is 2.36. The third-order valence-corrected chi connectivity index (χ3v) is 3.22. The number of carbonyl (C=O) groups excluding carboxylic acids is 1. The van der Waals surface area contributed by atoms with Crippen LogP contribution in [0.1, 0.15) is 32.3 Å². The van der Waals surface area contributed by atoms with Crippen molar-refractivity contribution in [2.24, 2.45) is 0 Å². The molecule has 1 aromatic carbocycles. The zero-order valence-electron chi connectivity index (χ0n) is 11.4. The highest BCUT2D eigenvalue weighted by atomic mass is 16.4. The number of aliphatic carboxylic acids is 1. The van der Waals surface area contributed by atoms with Crippen LogP contribution in [0.15, 0.2) is 24.3 Å². The van der Waals surface area contributed by atoms with Gasteiger partial charge in [0.05, 0.1) is 11.6 Å². The van der Waals surface area contributed by atoms with Crippen LogP contribution in [-0.4, -0.2) is 22.6 Å². The number of carbonyl (C=O) groups is 2. The van der Waals surface area contributed by atoms with Crippen molar-refractivity contribution in [3.05, 3.63) is 29.8 Å². The molecular weight excluding hydrogens is 258 g/mol. The minimum atomic E-state index is -1.28. The standard InChI is InChI=1S/C14H17N3O3/c1-3-14(4-2,12(18)19)17-13(20)16-11-7-5-6-10(8-11)9-15/h5-8H,3-4H2,1-2H3,(H,18,19)(H2,16,17,20). The molecular formula is C14H17N3O3. The van der Waals surface area contributed by atoms with Crippen molar-refractivity contribution in [3.63, 3.8) is 0 Å². The van der Waals surface area contributed by atoms with Gasteiger partial charge in [0, 0.05) is 5.69 Å². The first-order valence-corrected chi connectivity index (χ1v) is 6.30. The average Bonchev–Trinajstić information content (AvgIpc) is 2.44. The van der Waals surface area contributed by atoms with E-state index in [1.54, 1.807) is 32.0 Å². The van der Waals surface area contributed by atoms with Gasteiger partial charge in [-0.1, -0.05) is 19.9 Å². The summed E-state index contributed by atoms with van der Waals surface area (Å²) in [7, 11) is 0. The Morgan fingerprint density at radius 1 is 1.35 bits per heavy atom. The molecule has 0 heterocycles. The van der Waals surface area contributed by atoms with Crippen molar-refractivity contribution in [1.29, 1.82) is 5.26 Å². The van der Waals surface area contributed by atoms with Crippen LogP contribution in [0.3, 0.4) is 0 Å². The van der Waals surface area contributed by atoms with E-state index in [-0.39, 0.29) is 12.8 Å². The Kier molecular flexibility index (Phi) is 5.09. The summed E-state index contributed by atoms with van der Waals surface area (Å²) in [6.45, 7) is 3.41. The summed E-state index contributed by atoms with van der Waals surface area (Å²) in [6, 6.07) is 7.75. The van der Waals surface area contributed by atoms with E-state index < -0.39 is 17.5 Å². The zero-order chi connectivity index (χ0) is 15.2. The predicted octanol–water partition coefficient (Wildman–Crippen LogP) is 2.32. The third-order valence-electron chi connectivity index (χ3n) is 3.22. The summed E-state index contributed by atoms with van der Waals surface area (Å²) in [4.78, 5) is 23.2. The lowest BCUT2D eigenvalue weighted by Gasteiger charge is -2.28. The number of benzene rings is 1. The molecule has 0 aliphatic rings. The van der Waals surface area contributed by atoms with Gasteiger partial charge in [-0.15, -0.1) is 0 Å². The fraction of sp³-hybridized carbons (Fsp3) is 0.357. The molecule has 0 fully saturated rings. The molecule has 0 unspecified atom stereocenters. The predicted molar refractivity (Wildman–Crippen MR) is 74.3 cm³/mol. The highest BCUT2D eigenvalue weighted by Crippen LogP contribution is 2.16. The van der Waals surface area contributed by atoms with E-state index in [2.05, 4.69) is 10.6 Å². The number of urea groups is 1. The summed E-state index contributed by atoms with van der Waals surface area (Å²) in [5.74, 6) is -1.07. The number of carboxylic acids is 1. The first kappa shape index (κ1) is 15.5. The number of nitrogens with one attached hydrogen (secondary N) is 2. The van der Waals surface area contributed by atoms with Crippen LogP contribution in [0, 0.1) is 11.3 Å². The molecule has 2 amide bonds. The second-order valence-corrected chi connectivity index (χ2v) is 4.37. The van der Waals surface area contributed by atoms with Crippen molar-refractivity contribution >= 4 is 17.7 Å². The summed E-state index contributed by atoms with van der Waals surface area (Å²) in [5.41, 5.74) is -0.428. The molecule has 20 heavy (non-hydrogen) atoms. The Morgan fingerprint density at radius 2 is 2.00 bits per heavy atom. The molecule has 6 heteroatoms. The van der Waals surface area contributed by atoms with E-state index in [1.165, 1.54) is 6.07 Å². The first-order chi connectivity index (χ1) is 9.47. The van der Waals surface area contributed by atoms with E-state index in [0.29, 0.717) is 11.3 Å². The zero-order valence-corrected chi connectivity index (χ0v) is 11.4. The molecule has 0 spiro atoms. The molecule has 106 valence electrons. The monoisotopic (exact) mass is 275 g/mol. The van der Waals surface area contributed by atoms with Gasteiger partial charge < -0.3 is 15.7 Å². The number of hydrogen-bond donors (Lipinski definition) is 3. The Hall–Kier alpha value is -2.55. The van der Waals surface area contributed by atoms with Crippen LogP contribution in [0.25, 0.3) is 0 Å². The average molecular weight is 275 g/mol. The maximum atomic E-state index is 11.9. The Balaban J connectivity index is 2.81. The second kappa shape index (κ2) is 6.57. The van der Waals surface area contributed by atoms with Gasteiger partial charge in [-0.2, -0.15) is 5.26 Å². The lowest BCUT2D eigenvalue weighted by Crippen LogP contribution is -2.54. The van der Waals surface area contributed by atoms with Crippen LogP contribution in [0.5, 0.6) is 0 Å². The lowest BCUT2D eigenvalue weighted by atomic mass is 9.93. The van der Waals surface area contributed by atoms with Gasteiger partial charge in [0.2, 0.25) is 0 Å². The molecule has 0 saturated carbocycles. The molecule has 0 saturated heterocycles. The minimum absolute atomic E-state index is 0.282. The fourth-order valence-electron chi connectivity index (χ4n) is 1.83. The highest BCUT2D eigenvalue weighted by molar-refractivity contribution is 5.94. The smallest absolute Gasteiger partial charge is 0.329 e. The van der Waals surface area contributed by atoms with Crippen LogP contribution in [0.4, 0.5) is 10.5 Å². The number of anilines is 1. The molecule has 0 radical (unpaired) electrons. The normalized spacial score (nSPS) is 10.4. The van der Waals surface area contributed by atoms with E-state index in [0.717, 1.165) is 0 Å². The topological polar surface area (TPSA) is 102 Å². The van der Waals surface area contributed by atoms with E-state index in [4.69, 9.17) is 5.26 Å². The fourth-order valence-corrected chi connectivity index (χ4v) is 1.83. The van der Waals surface area contributed by atoms with Crippen LogP contribution in [-0.2, 0) is 4.79 Å². The Bertz CT molecular complexity index is 545. The quantitative estimate of drug-likeness (QED) is 0.767. The third kappa shape index (κ3) is 3.48. The lowest BCUT2D eigenvalue weighted by molar-refractivity contribution is -0.144. The maximum absolute atomic E-state index is 11.9. The number of rotatable bonds is 5. The molecule has 1 rings (SSSR count). The molecule has 0 bridgehead atoms. The van der Waals surface area contributed by atoms with Crippen molar-refractivity contribution in [2.75, 3.05) is 5.32 Å². The van der Waals surface area contributed by atoms with Gasteiger partial charge in [-0.25, -0.2) is 9.59 Å². The summed E-state index contributed by atoms with van der Waals surface area (Å²) < 4.78 is 0. The number of nitriles is 1. The van der Waals surface area contributed by atoms with Crippen molar-refractivity contribution in [3.8, 4) is 6.07 Å². The molecule has 3 N–H and O–H groups in total. The summed E-state index contributed by atoms with van der Waals surface area (Å²) in [6.07, 6.45) is 0.564. The minimum Gasteiger partial charge on any atom is -0.480 e. The van der Waals surface area contributed by atoms with Gasteiger partial charge in [0.25, 0.3) is 0 Å². The van der Waals surface area contributed by atoms with Crippen molar-refractivity contribution < 1.29 is 14.7 Å². The molecule has 0 atom stereocenters. The summed E-state index contributed by atoms with van der Waals surface area (Å²) >= 11 is 0. The maximum Gasteiger partial charge on any atom is 0.329 e. The van der Waals surface area contributed by atoms with Crippen molar-refractivity contribution in [2.45, 2.75) is 32.2 Å². The molecule has 0 aromatic heterocycles. The SMILES string of the molecule is CCC(CC)(NC(=O)Nc1cccc(C#N)c1)C(=O)O. The molecule has 1 aromatic rings. The van der Waals surface area contributed by atoms with E-state index in [9.17, 15) is 14.7 Å². The molecule has 0 aliphatic heterocycles. The molecule has 0 aliphatic carbocycles. The van der Waals surface area contributed by atoms with Crippen LogP contribution < -0.4 is 10.6 Å². The number of amides is 2. The largest absolute Gasteiger partial charge is 0.480 e. The van der Waals surface area contributed by atoms with Gasteiger partial charge in [-0.05, 0) is 31.0 Å². The van der Waals surface area contributed by atoms with E-state index >= 15 is 0 Å². The van der Waals surface area contributed by atoms with Gasteiger partial charge >= 0.3 is 12.0 Å². The van der Waals surface area contributed by atoms with Gasteiger partial charge in [0.1, 0.15) is 5.54 Å². The second-order valence-electron chi connectivity index (χ2n) is 4.37. The summed E-state index contributed by atoms with van der Waals surface area (Å²) in [5, 5.41) is 23.0. The van der Waals surface area contributed by atoms with E-state index in [1.807, 2.05) is 6.07 Å². The number of carboxylic acid groups (broad SMARTS) is 1. The first-order valence-electron chi connectivity index (χ1n) is 6.30.